The van der Waals surface area contributed by atoms with Crippen LogP contribution in [0.5, 0.6) is 0 Å². The van der Waals surface area contributed by atoms with Crippen LogP contribution < -0.4 is 5.32 Å². The fourth-order valence-electron chi connectivity index (χ4n) is 2.14. The lowest BCUT2D eigenvalue weighted by atomic mass is 10.2. The van der Waals surface area contributed by atoms with Gasteiger partial charge in [0.15, 0.2) is 0 Å². The van der Waals surface area contributed by atoms with Gasteiger partial charge in [-0.3, -0.25) is 0 Å². The number of nitrogens with one attached hydrogen (secondary N) is 1. The summed E-state index contributed by atoms with van der Waals surface area (Å²) in [5, 5.41) is 1.94. The monoisotopic (exact) mass is 267 g/mol. The maximum Gasteiger partial charge on any atom is 0.405 e. The Labute approximate surface area is 105 Å². The van der Waals surface area contributed by atoms with Gasteiger partial charge in [-0.2, -0.15) is 13.2 Å². The number of carbonyl (C=O) groups excluding carboxylic acids is 1. The van der Waals surface area contributed by atoms with Gasteiger partial charge in [0.1, 0.15) is 6.54 Å². The molecule has 0 aromatic rings. The number of alkyl halides is 3. The molecule has 0 spiro atoms. The van der Waals surface area contributed by atoms with E-state index in [-0.39, 0.29) is 6.04 Å². The predicted molar refractivity (Wildman–Crippen MR) is 62.4 cm³/mol. The SMILES string of the molecule is CCC1CN(C)CCCN1C(=O)NCC(F)(F)F. The molecule has 1 rings (SSSR count). The van der Waals surface area contributed by atoms with Gasteiger partial charge in [-0.1, -0.05) is 6.92 Å². The smallest absolute Gasteiger partial charge is 0.329 e. The van der Waals surface area contributed by atoms with E-state index in [0.29, 0.717) is 13.1 Å². The van der Waals surface area contributed by atoms with Gasteiger partial charge in [0.25, 0.3) is 0 Å². The average molecular weight is 267 g/mol. The molecular formula is C11H20F3N3O. The van der Waals surface area contributed by atoms with Crippen LogP contribution in [0.2, 0.25) is 0 Å². The van der Waals surface area contributed by atoms with E-state index in [1.54, 1.807) is 0 Å². The Balaban J connectivity index is 2.58. The third-order valence-electron chi connectivity index (χ3n) is 3.07. The van der Waals surface area contributed by atoms with Crippen LogP contribution in [0.4, 0.5) is 18.0 Å². The third kappa shape index (κ3) is 4.72. The van der Waals surface area contributed by atoms with Gasteiger partial charge < -0.3 is 15.1 Å². The molecule has 1 unspecified atom stereocenters. The van der Waals surface area contributed by atoms with Crippen molar-refractivity contribution in [3.8, 4) is 0 Å². The molecule has 1 fully saturated rings. The maximum absolute atomic E-state index is 12.1. The van der Waals surface area contributed by atoms with Crippen LogP contribution in [0.15, 0.2) is 0 Å². The van der Waals surface area contributed by atoms with Gasteiger partial charge >= 0.3 is 12.2 Å². The summed E-state index contributed by atoms with van der Waals surface area (Å²) in [5.41, 5.74) is 0. The quantitative estimate of drug-likeness (QED) is 0.826. The van der Waals surface area contributed by atoms with E-state index in [2.05, 4.69) is 4.90 Å². The first-order chi connectivity index (χ1) is 8.33. The molecule has 0 aliphatic carbocycles. The van der Waals surface area contributed by atoms with Gasteiger partial charge in [-0.05, 0) is 26.4 Å². The average Bonchev–Trinajstić information content (AvgIpc) is 2.46. The maximum atomic E-state index is 12.1. The van der Waals surface area contributed by atoms with Crippen molar-refractivity contribution in [2.24, 2.45) is 0 Å². The predicted octanol–water partition coefficient (Wildman–Crippen LogP) is 1.67. The fourth-order valence-corrected chi connectivity index (χ4v) is 2.14. The molecular weight excluding hydrogens is 247 g/mol. The van der Waals surface area contributed by atoms with E-state index < -0.39 is 18.8 Å². The Kier molecular flexibility index (Phi) is 5.25. The normalized spacial score (nSPS) is 22.7. The molecule has 0 bridgehead atoms. The molecule has 4 nitrogen and oxygen atoms in total. The lowest BCUT2D eigenvalue weighted by Crippen LogP contribution is -2.50. The van der Waals surface area contributed by atoms with E-state index >= 15 is 0 Å². The standard InChI is InChI=1S/C11H20F3N3O/c1-3-9-7-16(2)5-4-6-17(9)10(18)15-8-11(12,13)14/h9H,3-8H2,1-2H3,(H,15,18). The summed E-state index contributed by atoms with van der Waals surface area (Å²) < 4.78 is 36.2. The summed E-state index contributed by atoms with van der Waals surface area (Å²) in [7, 11) is 1.96. The van der Waals surface area contributed by atoms with Crippen molar-refractivity contribution in [3.63, 3.8) is 0 Å². The molecule has 1 heterocycles. The van der Waals surface area contributed by atoms with Crippen LogP contribution in [-0.2, 0) is 0 Å². The first kappa shape index (κ1) is 15.1. The van der Waals surface area contributed by atoms with E-state index in [0.717, 1.165) is 19.4 Å². The van der Waals surface area contributed by atoms with Crippen LogP contribution in [0.3, 0.4) is 0 Å². The lowest BCUT2D eigenvalue weighted by molar-refractivity contribution is -0.123. The van der Waals surface area contributed by atoms with E-state index in [4.69, 9.17) is 0 Å². The molecule has 1 atom stereocenters. The minimum atomic E-state index is -4.36. The molecule has 1 aliphatic rings. The number of amides is 2. The number of urea groups is 1. The van der Waals surface area contributed by atoms with Crippen molar-refractivity contribution in [3.05, 3.63) is 0 Å². The first-order valence-electron chi connectivity index (χ1n) is 6.13. The molecule has 0 radical (unpaired) electrons. The zero-order chi connectivity index (χ0) is 13.8. The highest BCUT2D eigenvalue weighted by Crippen LogP contribution is 2.15. The largest absolute Gasteiger partial charge is 0.405 e. The number of hydrogen-bond acceptors (Lipinski definition) is 2. The Morgan fingerprint density at radius 1 is 1.39 bits per heavy atom. The van der Waals surface area contributed by atoms with Crippen molar-refractivity contribution >= 4 is 6.03 Å². The van der Waals surface area contributed by atoms with Gasteiger partial charge in [-0.25, -0.2) is 4.79 Å². The highest BCUT2D eigenvalue weighted by molar-refractivity contribution is 5.74. The van der Waals surface area contributed by atoms with Crippen molar-refractivity contribution in [1.82, 2.24) is 15.1 Å². The van der Waals surface area contributed by atoms with Gasteiger partial charge in [-0.15, -0.1) is 0 Å². The van der Waals surface area contributed by atoms with Crippen molar-refractivity contribution in [2.45, 2.75) is 32.0 Å². The topological polar surface area (TPSA) is 35.6 Å². The molecule has 2 amide bonds. The number of nitrogens with zero attached hydrogens (tertiary/aromatic N) is 2. The van der Waals surface area contributed by atoms with E-state index in [1.807, 2.05) is 19.3 Å². The minimum absolute atomic E-state index is 0.0225. The third-order valence-corrected chi connectivity index (χ3v) is 3.07. The van der Waals surface area contributed by atoms with Gasteiger partial charge in [0.05, 0.1) is 0 Å². The molecule has 0 saturated carbocycles. The molecule has 7 heteroatoms. The second-order valence-corrected chi connectivity index (χ2v) is 4.65. The van der Waals surface area contributed by atoms with Crippen LogP contribution in [0.1, 0.15) is 19.8 Å². The molecule has 1 saturated heterocycles. The first-order valence-corrected chi connectivity index (χ1v) is 6.13. The Morgan fingerprint density at radius 3 is 2.61 bits per heavy atom. The summed E-state index contributed by atoms with van der Waals surface area (Å²) in [6, 6.07) is -0.639. The van der Waals surface area contributed by atoms with Crippen LogP contribution in [0.25, 0.3) is 0 Å². The van der Waals surface area contributed by atoms with Crippen LogP contribution in [-0.4, -0.2) is 61.3 Å². The van der Waals surface area contributed by atoms with Crippen molar-refractivity contribution in [2.75, 3.05) is 33.2 Å². The Bertz CT molecular complexity index is 283. The van der Waals surface area contributed by atoms with Crippen molar-refractivity contribution < 1.29 is 18.0 Å². The molecule has 1 N–H and O–H groups in total. The van der Waals surface area contributed by atoms with Crippen LogP contribution >= 0.6 is 0 Å². The Morgan fingerprint density at radius 2 is 2.06 bits per heavy atom. The summed E-state index contributed by atoms with van der Waals surface area (Å²) in [4.78, 5) is 15.4. The summed E-state index contributed by atoms with van der Waals surface area (Å²) in [5.74, 6) is 0. The molecule has 18 heavy (non-hydrogen) atoms. The zero-order valence-corrected chi connectivity index (χ0v) is 10.8. The summed E-state index contributed by atoms with van der Waals surface area (Å²) in [6.07, 6.45) is -2.84. The number of likely N-dealkylation sites (N-methyl/N-ethyl adjacent to an activating group) is 1. The lowest BCUT2D eigenvalue weighted by Gasteiger charge is -2.30. The second kappa shape index (κ2) is 6.26. The molecule has 106 valence electrons. The molecule has 0 aromatic carbocycles. The Hall–Kier alpha value is -0.980. The number of rotatable bonds is 2. The minimum Gasteiger partial charge on any atom is -0.329 e. The highest BCUT2D eigenvalue weighted by Gasteiger charge is 2.31. The highest BCUT2D eigenvalue weighted by atomic mass is 19.4. The van der Waals surface area contributed by atoms with Gasteiger partial charge in [0, 0.05) is 19.1 Å². The number of hydrogen-bond donors (Lipinski definition) is 1. The fraction of sp³-hybridized carbons (Fsp3) is 0.909. The zero-order valence-electron chi connectivity index (χ0n) is 10.8. The molecule has 0 aromatic heterocycles. The molecule has 1 aliphatic heterocycles. The number of carbonyl (C=O) groups is 1. The van der Waals surface area contributed by atoms with E-state index in [9.17, 15) is 18.0 Å². The van der Waals surface area contributed by atoms with Gasteiger partial charge in [0.2, 0.25) is 0 Å². The second-order valence-electron chi connectivity index (χ2n) is 4.65. The number of halogens is 3. The van der Waals surface area contributed by atoms with Crippen LogP contribution in [0, 0.1) is 0 Å². The van der Waals surface area contributed by atoms with Crippen molar-refractivity contribution in [1.29, 1.82) is 0 Å². The summed E-state index contributed by atoms with van der Waals surface area (Å²) >= 11 is 0. The van der Waals surface area contributed by atoms with E-state index in [1.165, 1.54) is 4.90 Å². The summed E-state index contributed by atoms with van der Waals surface area (Å²) in [6.45, 7) is 2.74.